The van der Waals surface area contributed by atoms with Crippen LogP contribution in [0.15, 0.2) is 47.8 Å². The van der Waals surface area contributed by atoms with Gasteiger partial charge in [-0.25, -0.2) is 14.2 Å². The Labute approximate surface area is 198 Å². The molecule has 0 aliphatic carbocycles. The second kappa shape index (κ2) is 10.2. The highest BCUT2D eigenvalue weighted by Crippen LogP contribution is 2.34. The molecule has 4 rings (SSSR count). The van der Waals surface area contributed by atoms with Gasteiger partial charge in [0.2, 0.25) is 5.91 Å². The zero-order valence-electron chi connectivity index (χ0n) is 18.0. The van der Waals surface area contributed by atoms with Crippen LogP contribution in [0, 0.1) is 12.7 Å². The molecule has 9 heteroatoms. The van der Waals surface area contributed by atoms with Crippen LogP contribution in [0.25, 0.3) is 10.1 Å². The second-order valence-corrected chi connectivity index (χ2v) is 9.35. The maximum atomic E-state index is 14.3. The minimum atomic E-state index is -0.561. The predicted octanol–water partition coefficient (Wildman–Crippen LogP) is 5.49. The van der Waals surface area contributed by atoms with Gasteiger partial charge in [-0.2, -0.15) is 0 Å². The molecule has 0 aliphatic heterocycles. The maximum Gasteiger partial charge on any atom is 0.349 e. The van der Waals surface area contributed by atoms with Crippen LogP contribution >= 0.6 is 22.7 Å². The van der Waals surface area contributed by atoms with Gasteiger partial charge in [-0.1, -0.05) is 23.8 Å². The molecule has 0 spiro atoms. The van der Waals surface area contributed by atoms with Crippen molar-refractivity contribution in [3.05, 3.63) is 80.4 Å². The standard InChI is InChI=1S/C24H21FN2O4S2/c1-14-6-8-15(9-7-14)26-20(28)10-21-27-16(13-32-21)11-31-24(29)23-17(12-30-2)22-18(25)4-3-5-19(22)33-23/h3-9,13H,10-12H2,1-2H3,(H,26,28). The normalized spacial score (nSPS) is 11.0. The molecule has 2 heterocycles. The van der Waals surface area contributed by atoms with E-state index in [4.69, 9.17) is 9.47 Å². The molecule has 2 aromatic heterocycles. The number of nitrogens with one attached hydrogen (secondary N) is 1. The molecule has 33 heavy (non-hydrogen) atoms. The van der Waals surface area contributed by atoms with Gasteiger partial charge in [0.05, 0.1) is 18.7 Å². The zero-order chi connectivity index (χ0) is 23.4. The minimum absolute atomic E-state index is 0.0436. The molecule has 0 atom stereocenters. The largest absolute Gasteiger partial charge is 0.455 e. The van der Waals surface area contributed by atoms with Gasteiger partial charge in [0.25, 0.3) is 0 Å². The molecule has 0 saturated heterocycles. The van der Waals surface area contributed by atoms with Crippen molar-refractivity contribution in [2.45, 2.75) is 26.6 Å². The molecule has 0 radical (unpaired) electrons. The number of hydrogen-bond acceptors (Lipinski definition) is 7. The quantitative estimate of drug-likeness (QED) is 0.335. The number of carbonyl (C=O) groups excluding carboxylic acids is 2. The number of aromatic nitrogens is 1. The van der Waals surface area contributed by atoms with Crippen LogP contribution in [0.3, 0.4) is 0 Å². The van der Waals surface area contributed by atoms with E-state index in [9.17, 15) is 14.0 Å². The second-order valence-electron chi connectivity index (χ2n) is 7.36. The number of esters is 1. The summed E-state index contributed by atoms with van der Waals surface area (Å²) >= 11 is 2.50. The Morgan fingerprint density at radius 2 is 1.91 bits per heavy atom. The van der Waals surface area contributed by atoms with Crippen LogP contribution in [0.1, 0.15) is 31.5 Å². The van der Waals surface area contributed by atoms with Gasteiger partial charge in [0.15, 0.2) is 0 Å². The molecule has 0 saturated carbocycles. The molecule has 170 valence electrons. The van der Waals surface area contributed by atoms with Crippen LogP contribution in [0.5, 0.6) is 0 Å². The van der Waals surface area contributed by atoms with Crippen LogP contribution in [0.2, 0.25) is 0 Å². The highest BCUT2D eigenvalue weighted by Gasteiger charge is 2.22. The number of thiophene rings is 1. The predicted molar refractivity (Wildman–Crippen MR) is 127 cm³/mol. The van der Waals surface area contributed by atoms with Crippen LogP contribution in [-0.4, -0.2) is 24.0 Å². The molecular weight excluding hydrogens is 463 g/mol. The van der Waals surface area contributed by atoms with Crippen molar-refractivity contribution in [2.24, 2.45) is 0 Å². The van der Waals surface area contributed by atoms with Crippen molar-refractivity contribution < 1.29 is 23.5 Å². The van der Waals surface area contributed by atoms with Crippen molar-refractivity contribution >= 4 is 50.3 Å². The van der Waals surface area contributed by atoms with E-state index in [0.29, 0.717) is 31.2 Å². The number of thiazole rings is 1. The molecule has 4 aromatic rings. The summed E-state index contributed by atoms with van der Waals surface area (Å²) in [5, 5.41) is 5.59. The van der Waals surface area contributed by atoms with Gasteiger partial charge in [-0.05, 0) is 31.2 Å². The number of amides is 1. The Bertz CT molecular complexity index is 1300. The van der Waals surface area contributed by atoms with Gasteiger partial charge in [-0.3, -0.25) is 4.79 Å². The van der Waals surface area contributed by atoms with E-state index in [2.05, 4.69) is 10.3 Å². The van der Waals surface area contributed by atoms with Crippen molar-refractivity contribution in [3.63, 3.8) is 0 Å². The first kappa shape index (κ1) is 23.0. The number of ether oxygens (including phenoxy) is 2. The Hall–Kier alpha value is -3.14. The van der Waals surface area contributed by atoms with Crippen molar-refractivity contribution in [1.82, 2.24) is 4.98 Å². The number of carbonyl (C=O) groups is 2. The first-order valence-electron chi connectivity index (χ1n) is 10.1. The van der Waals surface area contributed by atoms with E-state index in [1.165, 1.54) is 35.8 Å². The SMILES string of the molecule is COCc1c(C(=O)OCc2csc(CC(=O)Nc3ccc(C)cc3)n2)sc2cccc(F)c12. The monoisotopic (exact) mass is 484 g/mol. The van der Waals surface area contributed by atoms with Crippen LogP contribution < -0.4 is 5.32 Å². The van der Waals surface area contributed by atoms with Crippen molar-refractivity contribution in [1.29, 1.82) is 0 Å². The number of halogens is 1. The zero-order valence-corrected chi connectivity index (χ0v) is 19.6. The van der Waals surface area contributed by atoms with E-state index in [1.54, 1.807) is 17.5 Å². The van der Waals surface area contributed by atoms with Gasteiger partial charge in [-0.15, -0.1) is 22.7 Å². The topological polar surface area (TPSA) is 77.5 Å². The van der Waals surface area contributed by atoms with E-state index in [1.807, 2.05) is 31.2 Å². The minimum Gasteiger partial charge on any atom is -0.455 e. The first-order chi connectivity index (χ1) is 15.9. The highest BCUT2D eigenvalue weighted by molar-refractivity contribution is 7.21. The Balaban J connectivity index is 1.39. The third kappa shape index (κ3) is 5.44. The van der Waals surface area contributed by atoms with Gasteiger partial charge >= 0.3 is 5.97 Å². The number of methoxy groups -OCH3 is 1. The molecule has 6 nitrogen and oxygen atoms in total. The molecule has 1 amide bonds. The number of rotatable bonds is 8. The number of nitrogens with zero attached hydrogens (tertiary/aromatic N) is 1. The smallest absolute Gasteiger partial charge is 0.349 e. The molecule has 1 N–H and O–H groups in total. The lowest BCUT2D eigenvalue weighted by Crippen LogP contribution is -2.14. The van der Waals surface area contributed by atoms with E-state index in [0.717, 1.165) is 11.3 Å². The summed E-state index contributed by atoms with van der Waals surface area (Å²) in [5.41, 5.74) is 2.87. The fraction of sp³-hybridized carbons (Fsp3) is 0.208. The number of fused-ring (bicyclic) bond motifs is 1. The van der Waals surface area contributed by atoms with E-state index >= 15 is 0 Å². The Kier molecular flexibility index (Phi) is 7.12. The fourth-order valence-electron chi connectivity index (χ4n) is 3.30. The molecule has 0 unspecified atom stereocenters. The van der Waals surface area contributed by atoms with Gasteiger partial charge in [0.1, 0.15) is 22.3 Å². The molecule has 0 fully saturated rings. The first-order valence-corrected chi connectivity index (χ1v) is 11.8. The summed E-state index contributed by atoms with van der Waals surface area (Å²) in [5.74, 6) is -1.13. The molecule has 0 aliphatic rings. The third-order valence-electron chi connectivity index (χ3n) is 4.83. The van der Waals surface area contributed by atoms with E-state index in [-0.39, 0.29) is 25.5 Å². The number of hydrogen-bond donors (Lipinski definition) is 1. The highest BCUT2D eigenvalue weighted by atomic mass is 32.1. The lowest BCUT2D eigenvalue weighted by atomic mass is 10.1. The maximum absolute atomic E-state index is 14.3. The average molecular weight is 485 g/mol. The summed E-state index contributed by atoms with van der Waals surface area (Å²) in [6.45, 7) is 2.04. The number of aryl methyl sites for hydroxylation is 1. The number of benzene rings is 2. The Morgan fingerprint density at radius 1 is 1.12 bits per heavy atom. The third-order valence-corrected chi connectivity index (χ3v) is 6.91. The summed E-state index contributed by atoms with van der Waals surface area (Å²) < 4.78 is 25.6. The van der Waals surface area contributed by atoms with Crippen molar-refractivity contribution in [2.75, 3.05) is 12.4 Å². The fourth-order valence-corrected chi connectivity index (χ4v) is 5.19. The summed E-state index contributed by atoms with van der Waals surface area (Å²) in [6.07, 6.45) is 0.125. The van der Waals surface area contributed by atoms with Crippen LogP contribution in [-0.2, 0) is 33.9 Å². The van der Waals surface area contributed by atoms with Gasteiger partial charge < -0.3 is 14.8 Å². The molecule has 2 aromatic carbocycles. The summed E-state index contributed by atoms with van der Waals surface area (Å²) in [4.78, 5) is 29.7. The Morgan fingerprint density at radius 3 is 2.67 bits per heavy atom. The molecular formula is C24H21FN2O4S2. The summed E-state index contributed by atoms with van der Waals surface area (Å²) in [7, 11) is 1.49. The lowest BCUT2D eigenvalue weighted by Gasteiger charge is -2.05. The van der Waals surface area contributed by atoms with Crippen LogP contribution in [0.4, 0.5) is 10.1 Å². The van der Waals surface area contributed by atoms with E-state index < -0.39 is 11.8 Å². The average Bonchev–Trinajstić information content (AvgIpc) is 3.39. The summed E-state index contributed by atoms with van der Waals surface area (Å²) in [6, 6.07) is 12.3. The van der Waals surface area contributed by atoms with Crippen molar-refractivity contribution in [3.8, 4) is 0 Å². The number of anilines is 1. The molecule has 0 bridgehead atoms. The van der Waals surface area contributed by atoms with Gasteiger partial charge in [0, 0.05) is 33.8 Å². The lowest BCUT2D eigenvalue weighted by molar-refractivity contribution is -0.115.